The molecular weight excluding hydrogens is 390 g/mol. The Morgan fingerprint density at radius 1 is 1.25 bits per heavy atom. The zero-order valence-electron chi connectivity index (χ0n) is 15.6. The molecule has 2 aliphatic rings. The smallest absolute Gasteiger partial charge is 0.279 e. The molecule has 0 aliphatic carbocycles. The van der Waals surface area contributed by atoms with Crippen molar-refractivity contribution in [3.8, 4) is 5.75 Å². The standard InChI is InChI=1S/C19H22F2N4O2.ClH/c1-24-8-12-9-25(19(26)16-7-15(18(20)21)22-23-16)10-14(12)17(24)11-3-5-13(27-2)6-4-11;/h3-7,12,14,17-18H,8-10H2,1-2H3,(H,22,23);1H/t12-,14+,17+;/m0./s1. The highest BCUT2D eigenvalue weighted by Gasteiger charge is 2.47. The van der Waals surface area contributed by atoms with Crippen molar-refractivity contribution < 1.29 is 18.3 Å². The lowest BCUT2D eigenvalue weighted by Crippen LogP contribution is -2.33. The molecule has 2 aromatic rings. The number of hydrogen-bond acceptors (Lipinski definition) is 4. The largest absolute Gasteiger partial charge is 0.497 e. The number of H-pyrrole nitrogens is 1. The lowest BCUT2D eigenvalue weighted by molar-refractivity contribution is 0.0762. The average molecular weight is 413 g/mol. The van der Waals surface area contributed by atoms with Crippen molar-refractivity contribution in [2.75, 3.05) is 33.8 Å². The van der Waals surface area contributed by atoms with Crippen molar-refractivity contribution in [1.82, 2.24) is 20.0 Å². The van der Waals surface area contributed by atoms with Gasteiger partial charge in [-0.1, -0.05) is 12.1 Å². The van der Waals surface area contributed by atoms with E-state index in [1.54, 1.807) is 12.0 Å². The van der Waals surface area contributed by atoms with Gasteiger partial charge in [-0.25, -0.2) is 8.78 Å². The molecule has 0 bridgehead atoms. The Kier molecular flexibility index (Phi) is 5.90. The molecule has 4 rings (SSSR count). The van der Waals surface area contributed by atoms with Crippen LogP contribution in [0.25, 0.3) is 0 Å². The Labute approximate surface area is 168 Å². The fraction of sp³-hybridized carbons (Fsp3) is 0.474. The molecular formula is C19H23ClF2N4O2. The summed E-state index contributed by atoms with van der Waals surface area (Å²) in [6.07, 6.45) is -2.66. The summed E-state index contributed by atoms with van der Waals surface area (Å²) < 4.78 is 30.7. The molecule has 0 spiro atoms. The van der Waals surface area contributed by atoms with E-state index in [2.05, 4.69) is 34.3 Å². The molecule has 0 saturated carbocycles. The number of nitrogens with zero attached hydrogens (tertiary/aromatic N) is 3. The van der Waals surface area contributed by atoms with Crippen molar-refractivity contribution >= 4 is 18.3 Å². The van der Waals surface area contributed by atoms with Crippen LogP contribution in [0.1, 0.15) is 34.2 Å². The van der Waals surface area contributed by atoms with Crippen molar-refractivity contribution in [2.24, 2.45) is 11.8 Å². The third-order valence-electron chi connectivity index (χ3n) is 5.69. The van der Waals surface area contributed by atoms with Crippen LogP contribution in [0.5, 0.6) is 5.75 Å². The summed E-state index contributed by atoms with van der Waals surface area (Å²) in [6, 6.07) is 9.39. The Balaban J connectivity index is 0.00000225. The maximum atomic E-state index is 12.7. The first-order valence-corrected chi connectivity index (χ1v) is 8.95. The van der Waals surface area contributed by atoms with Gasteiger partial charge in [-0.3, -0.25) is 14.8 Å². The number of likely N-dealkylation sites (tertiary alicyclic amines) is 2. The number of alkyl halides is 2. The lowest BCUT2D eigenvalue weighted by atomic mass is 9.89. The highest BCUT2D eigenvalue weighted by atomic mass is 35.5. The second-order valence-electron chi connectivity index (χ2n) is 7.30. The van der Waals surface area contributed by atoms with Gasteiger partial charge in [0.25, 0.3) is 12.3 Å². The molecule has 3 atom stereocenters. The van der Waals surface area contributed by atoms with Crippen LogP contribution in [-0.2, 0) is 0 Å². The summed E-state index contributed by atoms with van der Waals surface area (Å²) in [6.45, 7) is 2.12. The molecule has 1 amide bonds. The number of benzene rings is 1. The van der Waals surface area contributed by atoms with E-state index in [1.807, 2.05) is 12.1 Å². The molecule has 2 saturated heterocycles. The summed E-state index contributed by atoms with van der Waals surface area (Å²) in [5.74, 6) is 1.19. The Morgan fingerprint density at radius 2 is 1.96 bits per heavy atom. The predicted octanol–water partition coefficient (Wildman–Crippen LogP) is 3.15. The number of aromatic nitrogens is 2. The van der Waals surface area contributed by atoms with E-state index in [4.69, 9.17) is 4.74 Å². The molecule has 3 heterocycles. The average Bonchev–Trinajstić information content (AvgIpc) is 3.35. The van der Waals surface area contributed by atoms with Crippen LogP contribution in [0.2, 0.25) is 0 Å². The minimum atomic E-state index is -2.66. The molecule has 9 heteroatoms. The topological polar surface area (TPSA) is 61.5 Å². The summed E-state index contributed by atoms with van der Waals surface area (Å²) in [5.41, 5.74) is 0.924. The van der Waals surface area contributed by atoms with Gasteiger partial charge in [0.2, 0.25) is 0 Å². The van der Waals surface area contributed by atoms with E-state index in [0.717, 1.165) is 18.4 Å². The Morgan fingerprint density at radius 3 is 2.57 bits per heavy atom. The van der Waals surface area contributed by atoms with Gasteiger partial charge in [-0.2, -0.15) is 5.10 Å². The van der Waals surface area contributed by atoms with Crippen LogP contribution >= 0.6 is 12.4 Å². The monoisotopic (exact) mass is 412 g/mol. The molecule has 0 unspecified atom stereocenters. The Hall–Kier alpha value is -2.19. The SMILES string of the molecule is COc1ccc([C@@H]2[C@@H]3CN(C(=O)c4cc(C(F)F)[nH]n4)C[C@@H]3CN2C)cc1.Cl. The molecule has 2 aliphatic heterocycles. The van der Waals surface area contributed by atoms with Gasteiger partial charge >= 0.3 is 0 Å². The maximum Gasteiger partial charge on any atom is 0.279 e. The first-order chi connectivity index (χ1) is 13.0. The number of fused-ring (bicyclic) bond motifs is 1. The molecule has 6 nitrogen and oxygen atoms in total. The second-order valence-corrected chi connectivity index (χ2v) is 7.30. The number of ether oxygens (including phenoxy) is 1. The van der Waals surface area contributed by atoms with Gasteiger partial charge in [0, 0.05) is 31.6 Å². The predicted molar refractivity (Wildman–Crippen MR) is 102 cm³/mol. The molecule has 152 valence electrons. The van der Waals surface area contributed by atoms with Crippen LogP contribution in [-0.4, -0.2) is 59.7 Å². The highest BCUT2D eigenvalue weighted by molar-refractivity contribution is 5.92. The number of nitrogens with one attached hydrogen (secondary N) is 1. The van der Waals surface area contributed by atoms with Crippen molar-refractivity contribution in [1.29, 1.82) is 0 Å². The third kappa shape index (κ3) is 3.58. The van der Waals surface area contributed by atoms with Crippen LogP contribution < -0.4 is 4.74 Å². The van der Waals surface area contributed by atoms with Crippen LogP contribution in [0, 0.1) is 11.8 Å². The van der Waals surface area contributed by atoms with E-state index in [0.29, 0.717) is 24.9 Å². The fourth-order valence-electron chi connectivity index (χ4n) is 4.45. The number of carbonyl (C=O) groups excluding carboxylic acids is 1. The highest BCUT2D eigenvalue weighted by Crippen LogP contribution is 2.44. The van der Waals surface area contributed by atoms with Gasteiger partial charge in [0.1, 0.15) is 11.4 Å². The number of methoxy groups -OCH3 is 1. The van der Waals surface area contributed by atoms with Gasteiger partial charge < -0.3 is 9.64 Å². The normalized spacial score (nSPS) is 24.3. The van der Waals surface area contributed by atoms with Crippen LogP contribution in [0.4, 0.5) is 8.78 Å². The second kappa shape index (κ2) is 8.05. The summed E-state index contributed by atoms with van der Waals surface area (Å²) >= 11 is 0. The van der Waals surface area contributed by atoms with Crippen LogP contribution in [0.15, 0.2) is 30.3 Å². The number of carbonyl (C=O) groups is 1. The van der Waals surface area contributed by atoms with E-state index in [9.17, 15) is 13.6 Å². The van der Waals surface area contributed by atoms with Crippen molar-refractivity contribution in [3.63, 3.8) is 0 Å². The van der Waals surface area contributed by atoms with E-state index >= 15 is 0 Å². The zero-order valence-corrected chi connectivity index (χ0v) is 16.5. The Bertz CT molecular complexity index is 830. The maximum absolute atomic E-state index is 12.7. The molecule has 1 aromatic carbocycles. The molecule has 28 heavy (non-hydrogen) atoms. The lowest BCUT2D eigenvalue weighted by Gasteiger charge is -2.26. The van der Waals surface area contributed by atoms with E-state index < -0.39 is 6.43 Å². The van der Waals surface area contributed by atoms with Gasteiger partial charge in [0.15, 0.2) is 5.69 Å². The fourth-order valence-corrected chi connectivity index (χ4v) is 4.45. The number of rotatable bonds is 4. The van der Waals surface area contributed by atoms with Crippen molar-refractivity contribution in [3.05, 3.63) is 47.3 Å². The summed E-state index contributed by atoms with van der Waals surface area (Å²) in [7, 11) is 3.74. The number of hydrogen-bond donors (Lipinski definition) is 1. The molecule has 2 fully saturated rings. The number of amides is 1. The summed E-state index contributed by atoms with van der Waals surface area (Å²) in [4.78, 5) is 16.8. The number of halogens is 3. The van der Waals surface area contributed by atoms with Gasteiger partial charge in [-0.05, 0) is 36.7 Å². The molecule has 1 N–H and O–H groups in total. The first-order valence-electron chi connectivity index (χ1n) is 8.95. The quantitative estimate of drug-likeness (QED) is 0.838. The van der Waals surface area contributed by atoms with Gasteiger partial charge in [-0.15, -0.1) is 12.4 Å². The van der Waals surface area contributed by atoms with Crippen LogP contribution in [0.3, 0.4) is 0 Å². The minimum Gasteiger partial charge on any atom is -0.497 e. The van der Waals surface area contributed by atoms with Gasteiger partial charge in [0.05, 0.1) is 7.11 Å². The van der Waals surface area contributed by atoms with Crippen molar-refractivity contribution in [2.45, 2.75) is 12.5 Å². The summed E-state index contributed by atoms with van der Waals surface area (Å²) in [5, 5.41) is 6.01. The van der Waals surface area contributed by atoms with E-state index in [1.165, 1.54) is 5.56 Å². The minimum absolute atomic E-state index is 0. The van der Waals surface area contributed by atoms with E-state index in [-0.39, 0.29) is 35.7 Å². The molecule has 1 aromatic heterocycles. The zero-order chi connectivity index (χ0) is 19.1. The molecule has 0 radical (unpaired) electrons. The number of aromatic amines is 1. The first kappa shape index (κ1) is 20.5. The third-order valence-corrected chi connectivity index (χ3v) is 5.69.